The Bertz CT molecular complexity index is 384. The van der Waals surface area contributed by atoms with Gasteiger partial charge in [-0.2, -0.15) is 0 Å². The molecule has 0 heterocycles. The van der Waals surface area contributed by atoms with Crippen molar-refractivity contribution in [2.75, 3.05) is 32.9 Å². The van der Waals surface area contributed by atoms with Crippen molar-refractivity contribution in [1.29, 1.82) is 0 Å². The van der Waals surface area contributed by atoms with Crippen LogP contribution in [-0.4, -0.2) is 43.7 Å². The molecule has 0 spiro atoms. The Labute approximate surface area is 128 Å². The van der Waals surface area contributed by atoms with Crippen LogP contribution < -0.4 is 5.32 Å². The molecule has 0 aliphatic carbocycles. The van der Waals surface area contributed by atoms with Crippen molar-refractivity contribution in [3.05, 3.63) is 28.7 Å². The fourth-order valence-electron chi connectivity index (χ4n) is 1.54. The highest BCUT2D eigenvalue weighted by atomic mass is 79.9. The summed E-state index contributed by atoms with van der Waals surface area (Å²) >= 11 is 5.22. The number of amides is 1. The van der Waals surface area contributed by atoms with Crippen molar-refractivity contribution < 1.29 is 4.79 Å². The lowest BCUT2D eigenvalue weighted by Crippen LogP contribution is -2.32. The van der Waals surface area contributed by atoms with Gasteiger partial charge in [0.15, 0.2) is 0 Å². The van der Waals surface area contributed by atoms with Gasteiger partial charge in [0.1, 0.15) is 0 Å². The van der Waals surface area contributed by atoms with E-state index < -0.39 is 0 Å². The molecule has 0 bridgehead atoms. The largest absolute Gasteiger partial charge is 0.344 e. The molecule has 0 radical (unpaired) electrons. The van der Waals surface area contributed by atoms with E-state index in [0.717, 1.165) is 29.7 Å². The first-order valence-electron chi connectivity index (χ1n) is 6.40. The first-order chi connectivity index (χ1) is 9.13. The van der Waals surface area contributed by atoms with Gasteiger partial charge in [-0.05, 0) is 43.5 Å². The summed E-state index contributed by atoms with van der Waals surface area (Å²) < 4.78 is 1.10. The molecule has 0 aromatic heterocycles. The zero-order valence-corrected chi connectivity index (χ0v) is 13.9. The average molecular weight is 345 g/mol. The maximum absolute atomic E-state index is 11.8. The highest BCUT2D eigenvalue weighted by molar-refractivity contribution is 9.10. The van der Waals surface area contributed by atoms with Gasteiger partial charge in [-0.1, -0.05) is 15.9 Å². The van der Waals surface area contributed by atoms with Gasteiger partial charge >= 0.3 is 0 Å². The Morgan fingerprint density at radius 1 is 1.37 bits per heavy atom. The summed E-state index contributed by atoms with van der Waals surface area (Å²) in [6.07, 6.45) is 1.55. The molecule has 5 heteroatoms. The average Bonchev–Trinajstić information content (AvgIpc) is 2.42. The van der Waals surface area contributed by atoms with E-state index in [-0.39, 0.29) is 5.91 Å². The standard InChI is InChI=1S/C14H21BrN2OS/c1-16-9-10-17(2)14(18)4-3-11-19-13-7-5-12(15)6-8-13/h5-8,16H,3-4,9-11H2,1-2H3. The SMILES string of the molecule is CNCCN(C)C(=O)CCCSc1ccc(Br)cc1. The molecule has 19 heavy (non-hydrogen) atoms. The summed E-state index contributed by atoms with van der Waals surface area (Å²) in [5, 5.41) is 3.04. The number of hydrogen-bond donors (Lipinski definition) is 1. The number of benzene rings is 1. The molecule has 0 saturated heterocycles. The van der Waals surface area contributed by atoms with E-state index in [1.54, 1.807) is 16.7 Å². The van der Waals surface area contributed by atoms with E-state index >= 15 is 0 Å². The predicted octanol–water partition coefficient (Wildman–Crippen LogP) is 3.00. The Morgan fingerprint density at radius 3 is 2.68 bits per heavy atom. The maximum Gasteiger partial charge on any atom is 0.222 e. The monoisotopic (exact) mass is 344 g/mol. The van der Waals surface area contributed by atoms with Crippen LogP contribution >= 0.6 is 27.7 Å². The van der Waals surface area contributed by atoms with E-state index in [0.29, 0.717) is 6.42 Å². The highest BCUT2D eigenvalue weighted by Crippen LogP contribution is 2.21. The molecule has 0 aliphatic rings. The van der Waals surface area contributed by atoms with Crippen molar-refractivity contribution in [2.24, 2.45) is 0 Å². The van der Waals surface area contributed by atoms with E-state index in [2.05, 4.69) is 33.4 Å². The normalized spacial score (nSPS) is 10.5. The Kier molecular flexibility index (Phi) is 8.18. The van der Waals surface area contributed by atoms with Crippen LogP contribution in [0.3, 0.4) is 0 Å². The number of carbonyl (C=O) groups excluding carboxylic acids is 1. The first-order valence-corrected chi connectivity index (χ1v) is 8.18. The first kappa shape index (κ1) is 16.5. The van der Waals surface area contributed by atoms with Gasteiger partial charge in [0, 0.05) is 35.9 Å². The zero-order chi connectivity index (χ0) is 14.1. The van der Waals surface area contributed by atoms with Gasteiger partial charge in [0.25, 0.3) is 0 Å². The topological polar surface area (TPSA) is 32.3 Å². The highest BCUT2D eigenvalue weighted by Gasteiger charge is 2.07. The fourth-order valence-corrected chi connectivity index (χ4v) is 2.66. The minimum atomic E-state index is 0.228. The van der Waals surface area contributed by atoms with Crippen LogP contribution in [0.2, 0.25) is 0 Å². The molecule has 0 unspecified atom stereocenters. The molecule has 1 amide bonds. The molecule has 1 N–H and O–H groups in total. The molecule has 3 nitrogen and oxygen atoms in total. The number of likely N-dealkylation sites (N-methyl/N-ethyl adjacent to an activating group) is 2. The quantitative estimate of drug-likeness (QED) is 0.581. The van der Waals surface area contributed by atoms with Crippen molar-refractivity contribution in [3.63, 3.8) is 0 Å². The second kappa shape index (κ2) is 9.39. The molecule has 1 aromatic carbocycles. The molecular formula is C14H21BrN2OS. The fraction of sp³-hybridized carbons (Fsp3) is 0.500. The molecular weight excluding hydrogens is 324 g/mol. The van der Waals surface area contributed by atoms with Crippen molar-refractivity contribution in [1.82, 2.24) is 10.2 Å². The van der Waals surface area contributed by atoms with Crippen LogP contribution in [0.1, 0.15) is 12.8 Å². The number of hydrogen-bond acceptors (Lipinski definition) is 3. The van der Waals surface area contributed by atoms with Crippen LogP contribution in [0.5, 0.6) is 0 Å². The number of nitrogens with one attached hydrogen (secondary N) is 1. The smallest absolute Gasteiger partial charge is 0.222 e. The number of rotatable bonds is 8. The number of thioether (sulfide) groups is 1. The van der Waals surface area contributed by atoms with Gasteiger partial charge in [-0.3, -0.25) is 4.79 Å². The summed E-state index contributed by atoms with van der Waals surface area (Å²) in [6, 6.07) is 8.27. The summed E-state index contributed by atoms with van der Waals surface area (Å²) in [6.45, 7) is 1.62. The molecule has 0 atom stereocenters. The lowest BCUT2D eigenvalue weighted by atomic mass is 10.3. The third-order valence-electron chi connectivity index (χ3n) is 2.74. The second-order valence-corrected chi connectivity index (χ2v) is 6.41. The van der Waals surface area contributed by atoms with Crippen molar-refractivity contribution >= 4 is 33.6 Å². The van der Waals surface area contributed by atoms with Crippen LogP contribution in [0.4, 0.5) is 0 Å². The Balaban J connectivity index is 2.16. The van der Waals surface area contributed by atoms with Gasteiger partial charge in [-0.25, -0.2) is 0 Å². The molecule has 106 valence electrons. The summed E-state index contributed by atoms with van der Waals surface area (Å²) in [5.41, 5.74) is 0. The van der Waals surface area contributed by atoms with E-state index in [4.69, 9.17) is 0 Å². The van der Waals surface area contributed by atoms with Gasteiger partial charge < -0.3 is 10.2 Å². The molecule has 0 saturated carbocycles. The lowest BCUT2D eigenvalue weighted by molar-refractivity contribution is -0.129. The molecule has 1 aromatic rings. The van der Waals surface area contributed by atoms with E-state index in [9.17, 15) is 4.79 Å². The molecule has 0 fully saturated rings. The van der Waals surface area contributed by atoms with E-state index in [1.165, 1.54) is 4.90 Å². The van der Waals surface area contributed by atoms with E-state index in [1.807, 2.05) is 26.2 Å². The lowest BCUT2D eigenvalue weighted by Gasteiger charge is -2.16. The Hall–Kier alpha value is -0.520. The predicted molar refractivity (Wildman–Crippen MR) is 85.7 cm³/mol. The van der Waals surface area contributed by atoms with Crippen LogP contribution in [0, 0.1) is 0 Å². The minimum Gasteiger partial charge on any atom is -0.344 e. The van der Waals surface area contributed by atoms with Gasteiger partial charge in [-0.15, -0.1) is 11.8 Å². The second-order valence-electron chi connectivity index (χ2n) is 4.32. The van der Waals surface area contributed by atoms with Crippen LogP contribution in [0.25, 0.3) is 0 Å². The number of carbonyl (C=O) groups is 1. The van der Waals surface area contributed by atoms with Gasteiger partial charge in [0.2, 0.25) is 5.91 Å². The third-order valence-corrected chi connectivity index (χ3v) is 4.37. The maximum atomic E-state index is 11.8. The summed E-state index contributed by atoms with van der Waals surface area (Å²) in [7, 11) is 3.76. The van der Waals surface area contributed by atoms with Crippen LogP contribution in [-0.2, 0) is 4.79 Å². The molecule has 0 aliphatic heterocycles. The van der Waals surface area contributed by atoms with Crippen LogP contribution in [0.15, 0.2) is 33.6 Å². The number of nitrogens with zero attached hydrogens (tertiary/aromatic N) is 1. The minimum absolute atomic E-state index is 0.228. The Morgan fingerprint density at radius 2 is 2.05 bits per heavy atom. The molecule has 1 rings (SSSR count). The number of halogens is 1. The van der Waals surface area contributed by atoms with Crippen molar-refractivity contribution in [3.8, 4) is 0 Å². The zero-order valence-electron chi connectivity index (χ0n) is 11.5. The van der Waals surface area contributed by atoms with Gasteiger partial charge in [0.05, 0.1) is 0 Å². The van der Waals surface area contributed by atoms with Crippen molar-refractivity contribution in [2.45, 2.75) is 17.7 Å². The third kappa shape index (κ3) is 6.99. The summed E-state index contributed by atoms with van der Waals surface area (Å²) in [5.74, 6) is 1.21. The summed E-state index contributed by atoms with van der Waals surface area (Å²) in [4.78, 5) is 14.8.